The van der Waals surface area contributed by atoms with Gasteiger partial charge in [-0.25, -0.2) is 9.37 Å². The molecule has 4 heteroatoms. The maximum Gasteiger partial charge on any atom is 0.226 e. The van der Waals surface area contributed by atoms with E-state index in [9.17, 15) is 4.39 Å². The Hall–Kier alpha value is -1.68. The predicted molar refractivity (Wildman–Crippen MR) is 68.6 cm³/mol. The van der Waals surface area contributed by atoms with Crippen LogP contribution in [0.1, 0.15) is 25.1 Å². The average molecular weight is 248 g/mol. The Morgan fingerprint density at radius 2 is 2.17 bits per heavy atom. The SMILES string of the molecule is Cc1ccc(F)cc1-c1nc(CNC(C)C)co1. The number of hydrogen-bond acceptors (Lipinski definition) is 3. The number of oxazole rings is 1. The zero-order valence-electron chi connectivity index (χ0n) is 10.8. The molecule has 0 bridgehead atoms. The number of aryl methyl sites for hydroxylation is 1. The van der Waals surface area contributed by atoms with Crippen molar-refractivity contribution in [3.8, 4) is 11.5 Å². The van der Waals surface area contributed by atoms with Gasteiger partial charge >= 0.3 is 0 Å². The van der Waals surface area contributed by atoms with Crippen LogP contribution in [0, 0.1) is 12.7 Å². The van der Waals surface area contributed by atoms with E-state index >= 15 is 0 Å². The first-order valence-electron chi connectivity index (χ1n) is 6.00. The Balaban J connectivity index is 2.21. The minimum atomic E-state index is -0.282. The molecule has 0 aliphatic carbocycles. The van der Waals surface area contributed by atoms with Gasteiger partial charge in [0.1, 0.15) is 12.1 Å². The highest BCUT2D eigenvalue weighted by Gasteiger charge is 2.10. The fraction of sp³-hybridized carbons (Fsp3) is 0.357. The van der Waals surface area contributed by atoms with Crippen LogP contribution >= 0.6 is 0 Å². The highest BCUT2D eigenvalue weighted by atomic mass is 19.1. The zero-order valence-corrected chi connectivity index (χ0v) is 10.8. The summed E-state index contributed by atoms with van der Waals surface area (Å²) in [5.41, 5.74) is 2.47. The van der Waals surface area contributed by atoms with Crippen molar-refractivity contribution in [2.75, 3.05) is 0 Å². The second-order valence-electron chi connectivity index (χ2n) is 4.64. The van der Waals surface area contributed by atoms with Crippen LogP contribution in [0.3, 0.4) is 0 Å². The van der Waals surface area contributed by atoms with Gasteiger partial charge in [-0.15, -0.1) is 0 Å². The van der Waals surface area contributed by atoms with Crippen molar-refractivity contribution in [3.63, 3.8) is 0 Å². The molecule has 1 N–H and O–H groups in total. The van der Waals surface area contributed by atoms with Crippen molar-refractivity contribution >= 4 is 0 Å². The lowest BCUT2D eigenvalue weighted by atomic mass is 10.1. The molecule has 0 saturated carbocycles. The van der Waals surface area contributed by atoms with Crippen molar-refractivity contribution in [3.05, 3.63) is 41.5 Å². The molecule has 2 rings (SSSR count). The number of halogens is 1. The van der Waals surface area contributed by atoms with Crippen LogP contribution in [0.2, 0.25) is 0 Å². The van der Waals surface area contributed by atoms with E-state index in [0.717, 1.165) is 11.3 Å². The monoisotopic (exact) mass is 248 g/mol. The van der Waals surface area contributed by atoms with E-state index in [4.69, 9.17) is 4.42 Å². The lowest BCUT2D eigenvalue weighted by molar-refractivity contribution is 0.559. The summed E-state index contributed by atoms with van der Waals surface area (Å²) in [7, 11) is 0. The molecule has 0 radical (unpaired) electrons. The lowest BCUT2D eigenvalue weighted by Gasteiger charge is -2.04. The second-order valence-corrected chi connectivity index (χ2v) is 4.64. The maximum atomic E-state index is 13.2. The molecule has 0 aliphatic heterocycles. The summed E-state index contributed by atoms with van der Waals surface area (Å²) in [5, 5.41) is 3.26. The number of aromatic nitrogens is 1. The van der Waals surface area contributed by atoms with Crippen molar-refractivity contribution in [2.45, 2.75) is 33.4 Å². The number of hydrogen-bond donors (Lipinski definition) is 1. The highest BCUT2D eigenvalue weighted by Crippen LogP contribution is 2.23. The number of benzene rings is 1. The molecule has 1 heterocycles. The molecule has 0 amide bonds. The first-order chi connectivity index (χ1) is 8.56. The molecule has 3 nitrogen and oxygen atoms in total. The molecular weight excluding hydrogens is 231 g/mol. The van der Waals surface area contributed by atoms with Crippen LogP contribution in [0.5, 0.6) is 0 Å². The fourth-order valence-corrected chi connectivity index (χ4v) is 1.65. The van der Waals surface area contributed by atoms with Crippen LogP contribution < -0.4 is 5.32 Å². The quantitative estimate of drug-likeness (QED) is 0.902. The van der Waals surface area contributed by atoms with Gasteiger partial charge < -0.3 is 9.73 Å². The van der Waals surface area contributed by atoms with Crippen LogP contribution in [-0.2, 0) is 6.54 Å². The summed E-state index contributed by atoms with van der Waals surface area (Å²) in [6, 6.07) is 4.99. The van der Waals surface area contributed by atoms with Crippen molar-refractivity contribution < 1.29 is 8.81 Å². The molecule has 1 aromatic carbocycles. The van der Waals surface area contributed by atoms with E-state index in [1.807, 2.05) is 6.92 Å². The third-order valence-corrected chi connectivity index (χ3v) is 2.67. The molecule has 2 aromatic rings. The van der Waals surface area contributed by atoms with Gasteiger partial charge in [0.05, 0.1) is 5.69 Å². The lowest BCUT2D eigenvalue weighted by Crippen LogP contribution is -2.21. The van der Waals surface area contributed by atoms with Crippen LogP contribution in [-0.4, -0.2) is 11.0 Å². The normalized spacial score (nSPS) is 11.2. The topological polar surface area (TPSA) is 38.1 Å². The molecule has 1 aromatic heterocycles. The average Bonchev–Trinajstić information content (AvgIpc) is 2.78. The zero-order chi connectivity index (χ0) is 13.1. The van der Waals surface area contributed by atoms with E-state index in [-0.39, 0.29) is 5.82 Å². The minimum Gasteiger partial charge on any atom is -0.444 e. The predicted octanol–water partition coefficient (Wildman–Crippen LogP) is 3.29. The van der Waals surface area contributed by atoms with Gasteiger partial charge in [0.15, 0.2) is 0 Å². The Morgan fingerprint density at radius 1 is 1.39 bits per heavy atom. The van der Waals surface area contributed by atoms with Crippen molar-refractivity contribution in [1.82, 2.24) is 10.3 Å². The summed E-state index contributed by atoms with van der Waals surface area (Å²) in [6.45, 7) is 6.69. The van der Waals surface area contributed by atoms with E-state index in [1.165, 1.54) is 12.1 Å². The number of rotatable bonds is 4. The standard InChI is InChI=1S/C14H17FN2O/c1-9(2)16-7-12-8-18-14(17-12)13-6-11(15)5-4-10(13)3/h4-6,8-9,16H,7H2,1-3H3. The van der Waals surface area contributed by atoms with Gasteiger partial charge in [0.25, 0.3) is 0 Å². The molecule has 0 unspecified atom stereocenters. The van der Waals surface area contributed by atoms with Gasteiger partial charge in [0, 0.05) is 18.2 Å². The number of nitrogens with zero attached hydrogens (tertiary/aromatic N) is 1. The summed E-state index contributed by atoms with van der Waals surface area (Å²) in [6.07, 6.45) is 1.61. The van der Waals surface area contributed by atoms with Crippen LogP contribution in [0.25, 0.3) is 11.5 Å². The molecule has 96 valence electrons. The summed E-state index contributed by atoms with van der Waals surface area (Å²) < 4.78 is 18.6. The number of nitrogens with one attached hydrogen (secondary N) is 1. The Labute approximate surface area is 106 Å². The highest BCUT2D eigenvalue weighted by molar-refractivity contribution is 5.58. The van der Waals surface area contributed by atoms with E-state index < -0.39 is 0 Å². The molecular formula is C14H17FN2O. The molecule has 0 fully saturated rings. The summed E-state index contributed by atoms with van der Waals surface area (Å²) in [4.78, 5) is 4.36. The summed E-state index contributed by atoms with van der Waals surface area (Å²) in [5.74, 6) is 0.184. The van der Waals surface area contributed by atoms with Crippen LogP contribution in [0.4, 0.5) is 4.39 Å². The Kier molecular flexibility index (Phi) is 3.77. The molecule has 0 saturated heterocycles. The van der Waals surface area contributed by atoms with Crippen molar-refractivity contribution in [1.29, 1.82) is 0 Å². The van der Waals surface area contributed by atoms with Gasteiger partial charge in [-0.1, -0.05) is 19.9 Å². The fourth-order valence-electron chi connectivity index (χ4n) is 1.65. The Morgan fingerprint density at radius 3 is 2.89 bits per heavy atom. The first kappa shape index (κ1) is 12.8. The van der Waals surface area contributed by atoms with E-state index in [1.54, 1.807) is 12.3 Å². The van der Waals surface area contributed by atoms with E-state index in [2.05, 4.69) is 24.1 Å². The third-order valence-electron chi connectivity index (χ3n) is 2.67. The van der Waals surface area contributed by atoms with Crippen molar-refractivity contribution in [2.24, 2.45) is 0 Å². The van der Waals surface area contributed by atoms with Crippen LogP contribution in [0.15, 0.2) is 28.9 Å². The Bertz CT molecular complexity index is 534. The maximum absolute atomic E-state index is 13.2. The molecule has 0 spiro atoms. The third kappa shape index (κ3) is 2.96. The molecule has 18 heavy (non-hydrogen) atoms. The molecule has 0 aliphatic rings. The largest absolute Gasteiger partial charge is 0.444 e. The van der Waals surface area contributed by atoms with Gasteiger partial charge in [0.2, 0.25) is 5.89 Å². The first-order valence-corrected chi connectivity index (χ1v) is 6.00. The molecule has 0 atom stereocenters. The van der Waals surface area contributed by atoms with Gasteiger partial charge in [-0.05, 0) is 24.6 Å². The summed E-state index contributed by atoms with van der Waals surface area (Å²) >= 11 is 0. The van der Waals surface area contributed by atoms with Gasteiger partial charge in [-0.2, -0.15) is 0 Å². The minimum absolute atomic E-state index is 0.282. The smallest absolute Gasteiger partial charge is 0.226 e. The second kappa shape index (κ2) is 5.31. The van der Waals surface area contributed by atoms with Gasteiger partial charge in [-0.3, -0.25) is 0 Å². The van der Waals surface area contributed by atoms with E-state index in [0.29, 0.717) is 24.0 Å².